The lowest BCUT2D eigenvalue weighted by Crippen LogP contribution is -2.49. The van der Waals surface area contributed by atoms with Gasteiger partial charge in [-0.05, 0) is 24.3 Å². The van der Waals surface area contributed by atoms with Crippen molar-refractivity contribution in [3.63, 3.8) is 0 Å². The van der Waals surface area contributed by atoms with Crippen LogP contribution in [-0.4, -0.2) is 71.4 Å². The molecule has 4 rings (SSSR count). The van der Waals surface area contributed by atoms with Crippen LogP contribution in [-0.2, 0) is 11.3 Å². The maximum atomic E-state index is 12.3. The van der Waals surface area contributed by atoms with Crippen molar-refractivity contribution in [3.05, 3.63) is 28.6 Å². The summed E-state index contributed by atoms with van der Waals surface area (Å²) in [6, 6.07) is 4.20. The molecular formula is C18H24N4OS2. The van der Waals surface area contributed by atoms with E-state index in [0.717, 1.165) is 56.5 Å². The maximum absolute atomic E-state index is 12.3. The monoisotopic (exact) mass is 376 g/mol. The average molecular weight is 377 g/mol. The number of hydrogen-bond acceptors (Lipinski definition) is 6. The van der Waals surface area contributed by atoms with E-state index in [1.165, 1.54) is 17.7 Å². The second-order valence-electron chi connectivity index (χ2n) is 6.76. The molecule has 0 spiro atoms. The molecule has 4 heterocycles. The molecule has 5 nitrogen and oxygen atoms in total. The summed E-state index contributed by atoms with van der Waals surface area (Å²) in [5, 5.41) is 5.40. The third-order valence-electron chi connectivity index (χ3n) is 4.95. The largest absolute Gasteiger partial charge is 0.342 e. The summed E-state index contributed by atoms with van der Waals surface area (Å²) in [7, 11) is 0. The minimum Gasteiger partial charge on any atom is -0.342 e. The molecule has 2 aliphatic rings. The minimum absolute atomic E-state index is 0.311. The zero-order valence-corrected chi connectivity index (χ0v) is 16.0. The van der Waals surface area contributed by atoms with Crippen LogP contribution >= 0.6 is 22.7 Å². The molecule has 0 radical (unpaired) electrons. The smallest absolute Gasteiger partial charge is 0.236 e. The van der Waals surface area contributed by atoms with Crippen molar-refractivity contribution in [3.8, 4) is 9.88 Å². The molecule has 0 N–H and O–H groups in total. The van der Waals surface area contributed by atoms with Gasteiger partial charge in [-0.2, -0.15) is 0 Å². The molecular weight excluding hydrogens is 352 g/mol. The Hall–Kier alpha value is -1.28. The minimum atomic E-state index is 0.311. The van der Waals surface area contributed by atoms with E-state index in [9.17, 15) is 4.79 Å². The van der Waals surface area contributed by atoms with Gasteiger partial charge >= 0.3 is 0 Å². The number of carbonyl (C=O) groups is 1. The Morgan fingerprint density at radius 1 is 1.04 bits per heavy atom. The highest BCUT2D eigenvalue weighted by Gasteiger charge is 2.23. The summed E-state index contributed by atoms with van der Waals surface area (Å²) in [4.78, 5) is 25.1. The van der Waals surface area contributed by atoms with Crippen LogP contribution in [0.4, 0.5) is 0 Å². The van der Waals surface area contributed by atoms with Crippen molar-refractivity contribution in [2.45, 2.75) is 19.4 Å². The number of likely N-dealkylation sites (tertiary alicyclic amines) is 1. The standard InChI is InChI=1S/C18H24N4OS2/c23-17(22-5-1-2-6-22)13-21-9-7-20(8-10-21)12-15-14-25-18(19-15)16-4-3-11-24-16/h3-4,11,14H,1-2,5-10,12-13H2. The van der Waals surface area contributed by atoms with Crippen LogP contribution < -0.4 is 0 Å². The maximum Gasteiger partial charge on any atom is 0.236 e. The number of carbonyl (C=O) groups excluding carboxylic acids is 1. The molecule has 2 saturated heterocycles. The van der Waals surface area contributed by atoms with E-state index in [0.29, 0.717) is 12.5 Å². The van der Waals surface area contributed by atoms with Crippen LogP contribution in [0.15, 0.2) is 22.9 Å². The normalized spacial score (nSPS) is 19.6. The Morgan fingerprint density at radius 2 is 1.80 bits per heavy atom. The molecule has 2 aromatic heterocycles. The summed E-state index contributed by atoms with van der Waals surface area (Å²) in [6.45, 7) is 7.38. The molecule has 0 aromatic carbocycles. The predicted octanol–water partition coefficient (Wildman–Crippen LogP) is 2.61. The summed E-state index contributed by atoms with van der Waals surface area (Å²) < 4.78 is 0. The molecule has 2 aromatic rings. The molecule has 1 amide bonds. The number of hydrogen-bond donors (Lipinski definition) is 0. The second-order valence-corrected chi connectivity index (χ2v) is 8.57. The number of rotatable bonds is 5. The molecule has 0 unspecified atom stereocenters. The molecule has 2 aliphatic heterocycles. The fraction of sp³-hybridized carbons (Fsp3) is 0.556. The van der Waals surface area contributed by atoms with Crippen molar-refractivity contribution >= 4 is 28.6 Å². The Kier molecular flexibility index (Phi) is 5.45. The van der Waals surface area contributed by atoms with Crippen molar-refractivity contribution in [2.75, 3.05) is 45.8 Å². The van der Waals surface area contributed by atoms with Crippen LogP contribution in [0.2, 0.25) is 0 Å². The van der Waals surface area contributed by atoms with Crippen LogP contribution in [0.25, 0.3) is 9.88 Å². The number of thiazole rings is 1. The van der Waals surface area contributed by atoms with Gasteiger partial charge in [0, 0.05) is 51.2 Å². The van der Waals surface area contributed by atoms with E-state index in [1.807, 2.05) is 4.90 Å². The summed E-state index contributed by atoms with van der Waals surface area (Å²) in [6.07, 6.45) is 2.33. The van der Waals surface area contributed by atoms with Gasteiger partial charge in [0.2, 0.25) is 5.91 Å². The van der Waals surface area contributed by atoms with E-state index in [4.69, 9.17) is 4.98 Å². The molecule has 7 heteroatoms. The van der Waals surface area contributed by atoms with Gasteiger partial charge in [-0.25, -0.2) is 4.98 Å². The van der Waals surface area contributed by atoms with Crippen molar-refractivity contribution in [1.29, 1.82) is 0 Å². The van der Waals surface area contributed by atoms with Crippen molar-refractivity contribution in [1.82, 2.24) is 19.7 Å². The van der Waals surface area contributed by atoms with E-state index in [2.05, 4.69) is 32.7 Å². The van der Waals surface area contributed by atoms with Gasteiger partial charge in [-0.3, -0.25) is 14.6 Å². The lowest BCUT2D eigenvalue weighted by atomic mass is 10.3. The predicted molar refractivity (Wildman–Crippen MR) is 103 cm³/mol. The number of amides is 1. The molecule has 2 fully saturated rings. The Labute approximate surface area is 156 Å². The molecule has 25 heavy (non-hydrogen) atoms. The first-order valence-corrected chi connectivity index (χ1v) is 10.7. The molecule has 134 valence electrons. The van der Waals surface area contributed by atoms with Crippen LogP contribution in [0.1, 0.15) is 18.5 Å². The Balaban J connectivity index is 1.24. The second kappa shape index (κ2) is 7.95. The lowest BCUT2D eigenvalue weighted by Gasteiger charge is -2.34. The number of piperazine rings is 1. The van der Waals surface area contributed by atoms with E-state index >= 15 is 0 Å². The zero-order chi connectivity index (χ0) is 17.1. The van der Waals surface area contributed by atoms with Gasteiger partial charge in [0.05, 0.1) is 17.1 Å². The SMILES string of the molecule is O=C(CN1CCN(Cc2csc(-c3cccs3)n2)CC1)N1CCCC1. The van der Waals surface area contributed by atoms with Gasteiger partial charge < -0.3 is 4.90 Å². The fourth-order valence-electron chi connectivity index (χ4n) is 3.49. The average Bonchev–Trinajstić information content (AvgIpc) is 3.38. The quantitative estimate of drug-likeness (QED) is 0.804. The van der Waals surface area contributed by atoms with Crippen LogP contribution in [0.3, 0.4) is 0 Å². The van der Waals surface area contributed by atoms with Gasteiger partial charge in [0.25, 0.3) is 0 Å². The highest BCUT2D eigenvalue weighted by Crippen LogP contribution is 2.28. The van der Waals surface area contributed by atoms with Crippen molar-refractivity contribution < 1.29 is 4.79 Å². The van der Waals surface area contributed by atoms with E-state index in [-0.39, 0.29) is 0 Å². The number of nitrogens with zero attached hydrogens (tertiary/aromatic N) is 4. The van der Waals surface area contributed by atoms with E-state index in [1.54, 1.807) is 22.7 Å². The van der Waals surface area contributed by atoms with Gasteiger partial charge in [0.15, 0.2) is 0 Å². The fourth-order valence-corrected chi connectivity index (χ4v) is 5.11. The summed E-state index contributed by atoms with van der Waals surface area (Å²) in [5.74, 6) is 0.311. The van der Waals surface area contributed by atoms with Crippen LogP contribution in [0, 0.1) is 0 Å². The molecule has 0 aliphatic carbocycles. The number of aromatic nitrogens is 1. The van der Waals surface area contributed by atoms with Gasteiger partial charge in [-0.1, -0.05) is 6.07 Å². The number of thiophene rings is 1. The van der Waals surface area contributed by atoms with E-state index < -0.39 is 0 Å². The van der Waals surface area contributed by atoms with Crippen LogP contribution in [0.5, 0.6) is 0 Å². The highest BCUT2D eigenvalue weighted by molar-refractivity contribution is 7.20. The first kappa shape index (κ1) is 17.1. The topological polar surface area (TPSA) is 39.7 Å². The Morgan fingerprint density at radius 3 is 2.52 bits per heavy atom. The lowest BCUT2D eigenvalue weighted by molar-refractivity contribution is -0.131. The summed E-state index contributed by atoms with van der Waals surface area (Å²) >= 11 is 3.47. The molecule has 0 bridgehead atoms. The first-order chi connectivity index (χ1) is 12.3. The summed E-state index contributed by atoms with van der Waals surface area (Å²) in [5.41, 5.74) is 1.16. The highest BCUT2D eigenvalue weighted by atomic mass is 32.1. The van der Waals surface area contributed by atoms with Gasteiger partial charge in [0.1, 0.15) is 5.01 Å². The third-order valence-corrected chi connectivity index (χ3v) is 6.88. The molecule has 0 atom stereocenters. The van der Waals surface area contributed by atoms with Gasteiger partial charge in [-0.15, -0.1) is 22.7 Å². The van der Waals surface area contributed by atoms with Crippen molar-refractivity contribution in [2.24, 2.45) is 0 Å². The third kappa shape index (κ3) is 4.28. The Bertz CT molecular complexity index is 686. The first-order valence-electron chi connectivity index (χ1n) is 8.99. The zero-order valence-electron chi connectivity index (χ0n) is 14.4. The molecule has 0 saturated carbocycles.